The molecule has 10 heteroatoms. The van der Waals surface area contributed by atoms with Gasteiger partial charge in [0.15, 0.2) is 0 Å². The molecule has 0 saturated heterocycles. The number of amides is 2. The first-order valence-corrected chi connectivity index (χ1v) is 12.8. The van der Waals surface area contributed by atoms with E-state index in [1.54, 1.807) is 62.3 Å². The van der Waals surface area contributed by atoms with Gasteiger partial charge in [0.1, 0.15) is 17.7 Å². The van der Waals surface area contributed by atoms with Crippen LogP contribution in [0.2, 0.25) is 0 Å². The van der Waals surface area contributed by atoms with Gasteiger partial charge in [0.05, 0.1) is 18.2 Å². The summed E-state index contributed by atoms with van der Waals surface area (Å²) in [5.74, 6) is 1.00. The summed E-state index contributed by atoms with van der Waals surface area (Å²) in [5, 5.41) is 17.5. The molecule has 1 atom stereocenters. The summed E-state index contributed by atoms with van der Waals surface area (Å²) in [5.41, 5.74) is 1.83. The van der Waals surface area contributed by atoms with Crippen LogP contribution in [0, 0.1) is 0 Å². The van der Waals surface area contributed by atoms with E-state index in [1.165, 1.54) is 44.1 Å². The van der Waals surface area contributed by atoms with Crippen molar-refractivity contribution >= 4 is 23.2 Å². The molecule has 1 unspecified atom stereocenters. The Labute approximate surface area is 223 Å². The molecule has 1 aliphatic rings. The first-order valence-electron chi connectivity index (χ1n) is 12.8. The molecule has 0 aliphatic heterocycles. The predicted octanol–water partition coefficient (Wildman–Crippen LogP) is 4.26. The van der Waals surface area contributed by atoms with Crippen molar-refractivity contribution in [1.82, 2.24) is 29.5 Å². The lowest BCUT2D eigenvalue weighted by Crippen LogP contribution is -2.22. The summed E-state index contributed by atoms with van der Waals surface area (Å²) in [6, 6.07) is 4.05. The topological polar surface area (TPSA) is 115 Å². The Hall–Kier alpha value is -3.92. The highest BCUT2D eigenvalue weighted by atomic mass is 16.5. The molecule has 2 aromatic heterocycles. The van der Waals surface area contributed by atoms with Crippen molar-refractivity contribution < 1.29 is 19.4 Å². The summed E-state index contributed by atoms with van der Waals surface area (Å²) >= 11 is 0. The quantitative estimate of drug-likeness (QED) is 0.338. The molecule has 1 aromatic carbocycles. The monoisotopic (exact) mass is 522 g/mol. The summed E-state index contributed by atoms with van der Waals surface area (Å²) in [4.78, 5) is 28.5. The molecule has 3 aromatic rings. The number of carbonyl (C=O) groups excluding carboxylic acids is 2. The summed E-state index contributed by atoms with van der Waals surface area (Å²) in [7, 11) is 4.96. The standard InChI is InChI=1S/C17H20N4O3.C11H18N2O/c1-12(6-5-7-20(2)11-22)18-17(23)14-8-13-10-21(3)19-15(13)9-16(14)24-4;1-9(14)11-12-7-8-13(11)10-5-3-2-4-6-10/h5-11H,1-4H3,(H,18,23);7-10,14H,2-6H2,1H3/b7-5-,12-6+;. The SMILES string of the molecule is CC(O)c1nccn1C1CCCCC1.COc1cc2nn(C)cc2cc1C(=O)N/C(C)=C/C=C\N(C)C=O. The van der Waals surface area contributed by atoms with Gasteiger partial charge in [-0.2, -0.15) is 5.10 Å². The Balaban J connectivity index is 0.000000241. The molecule has 1 fully saturated rings. The van der Waals surface area contributed by atoms with Crippen LogP contribution in [0.4, 0.5) is 0 Å². The highest BCUT2D eigenvalue weighted by Crippen LogP contribution is 2.30. The lowest BCUT2D eigenvalue weighted by molar-refractivity contribution is -0.115. The van der Waals surface area contributed by atoms with E-state index in [1.807, 2.05) is 19.4 Å². The van der Waals surface area contributed by atoms with Crippen molar-refractivity contribution in [2.45, 2.75) is 58.1 Å². The molecule has 0 bridgehead atoms. The fourth-order valence-corrected chi connectivity index (χ4v) is 4.48. The third-order valence-corrected chi connectivity index (χ3v) is 6.37. The average molecular weight is 523 g/mol. The molecule has 0 spiro atoms. The molecule has 2 heterocycles. The molecule has 4 rings (SSSR count). The van der Waals surface area contributed by atoms with Crippen molar-refractivity contribution in [3.8, 4) is 5.75 Å². The van der Waals surface area contributed by atoms with E-state index >= 15 is 0 Å². The van der Waals surface area contributed by atoms with Gasteiger partial charge < -0.3 is 24.6 Å². The van der Waals surface area contributed by atoms with Gasteiger partial charge in [0.2, 0.25) is 6.41 Å². The first-order chi connectivity index (χ1) is 18.2. The average Bonchev–Trinajstić information content (AvgIpc) is 3.54. The van der Waals surface area contributed by atoms with Crippen LogP contribution in [0.3, 0.4) is 0 Å². The largest absolute Gasteiger partial charge is 0.496 e. The summed E-state index contributed by atoms with van der Waals surface area (Å²) in [6.45, 7) is 3.54. The van der Waals surface area contributed by atoms with Crippen molar-refractivity contribution in [3.63, 3.8) is 0 Å². The Morgan fingerprint density at radius 1 is 1.29 bits per heavy atom. The number of carbonyl (C=O) groups is 2. The zero-order chi connectivity index (χ0) is 27.7. The second-order valence-electron chi connectivity index (χ2n) is 9.49. The van der Waals surface area contributed by atoms with Gasteiger partial charge in [-0.3, -0.25) is 14.3 Å². The van der Waals surface area contributed by atoms with E-state index in [2.05, 4.69) is 20.0 Å². The lowest BCUT2D eigenvalue weighted by Gasteiger charge is -2.25. The Morgan fingerprint density at radius 3 is 2.68 bits per heavy atom. The van der Waals surface area contributed by atoms with Crippen molar-refractivity contribution in [2.24, 2.45) is 7.05 Å². The molecule has 1 saturated carbocycles. The molecule has 2 N–H and O–H groups in total. The number of aromatic nitrogens is 4. The number of aryl methyl sites for hydroxylation is 1. The number of hydrogen-bond acceptors (Lipinski definition) is 6. The molecular formula is C28H38N6O4. The van der Waals surface area contributed by atoms with Gasteiger partial charge in [0.25, 0.3) is 5.91 Å². The third kappa shape index (κ3) is 7.55. The highest BCUT2D eigenvalue weighted by Gasteiger charge is 2.19. The molecule has 204 valence electrons. The zero-order valence-corrected chi connectivity index (χ0v) is 22.8. The number of nitrogens with zero attached hydrogens (tertiary/aromatic N) is 5. The second kappa shape index (κ2) is 13.6. The fraction of sp³-hybridized carbons (Fsp3) is 0.429. The van der Waals surface area contributed by atoms with Crippen LogP contribution in [0.15, 0.2) is 54.8 Å². The van der Waals surface area contributed by atoms with Gasteiger partial charge >= 0.3 is 0 Å². The van der Waals surface area contributed by atoms with Crippen LogP contribution >= 0.6 is 0 Å². The normalized spacial score (nSPS) is 15.2. The van der Waals surface area contributed by atoms with Crippen molar-refractivity contribution in [1.29, 1.82) is 0 Å². The first kappa shape index (κ1) is 28.6. The van der Waals surface area contributed by atoms with Gasteiger partial charge in [-0.05, 0) is 44.9 Å². The van der Waals surface area contributed by atoms with E-state index in [4.69, 9.17) is 4.74 Å². The molecule has 38 heavy (non-hydrogen) atoms. The number of aliphatic hydroxyl groups excluding tert-OH is 1. The Kier molecular flexibility index (Phi) is 10.2. The predicted molar refractivity (Wildman–Crippen MR) is 146 cm³/mol. The molecule has 1 aliphatic carbocycles. The number of ether oxygens (including phenoxy) is 1. The Bertz CT molecular complexity index is 1280. The number of hydrogen-bond donors (Lipinski definition) is 2. The molecule has 2 amide bonds. The minimum atomic E-state index is -0.452. The molecule has 10 nitrogen and oxygen atoms in total. The van der Waals surface area contributed by atoms with Crippen LogP contribution in [0.25, 0.3) is 10.9 Å². The fourth-order valence-electron chi connectivity index (χ4n) is 4.48. The maximum absolute atomic E-state index is 12.5. The van der Waals surface area contributed by atoms with E-state index < -0.39 is 6.10 Å². The van der Waals surface area contributed by atoms with E-state index in [0.717, 1.165) is 16.7 Å². The number of benzene rings is 1. The van der Waals surface area contributed by atoms with Gasteiger partial charge in [-0.25, -0.2) is 4.98 Å². The minimum absolute atomic E-state index is 0.275. The zero-order valence-electron chi connectivity index (χ0n) is 22.8. The summed E-state index contributed by atoms with van der Waals surface area (Å²) in [6.07, 6.45) is 17.3. The number of rotatable bonds is 8. The summed E-state index contributed by atoms with van der Waals surface area (Å²) < 4.78 is 9.15. The Morgan fingerprint density at radius 2 is 2.03 bits per heavy atom. The third-order valence-electron chi connectivity index (χ3n) is 6.37. The van der Waals surface area contributed by atoms with Crippen LogP contribution in [-0.4, -0.2) is 55.8 Å². The van der Waals surface area contributed by atoms with E-state index in [0.29, 0.717) is 29.5 Å². The number of imidazole rings is 1. The number of fused-ring (bicyclic) bond motifs is 1. The number of aliphatic hydroxyl groups is 1. The number of allylic oxidation sites excluding steroid dienone is 3. The van der Waals surface area contributed by atoms with E-state index in [9.17, 15) is 14.7 Å². The lowest BCUT2D eigenvalue weighted by atomic mass is 9.95. The van der Waals surface area contributed by atoms with Crippen LogP contribution in [0.1, 0.15) is 74.3 Å². The van der Waals surface area contributed by atoms with Crippen LogP contribution < -0.4 is 10.1 Å². The smallest absolute Gasteiger partial charge is 0.259 e. The molecular weight excluding hydrogens is 484 g/mol. The second-order valence-corrected chi connectivity index (χ2v) is 9.49. The van der Waals surface area contributed by atoms with Gasteiger partial charge in [-0.15, -0.1) is 0 Å². The number of nitrogens with one attached hydrogen (secondary N) is 1. The number of methoxy groups -OCH3 is 1. The van der Waals surface area contributed by atoms with Gasteiger partial charge in [0, 0.05) is 62.1 Å². The molecule has 0 radical (unpaired) electrons. The van der Waals surface area contributed by atoms with E-state index in [-0.39, 0.29) is 5.91 Å². The highest BCUT2D eigenvalue weighted by molar-refractivity contribution is 6.01. The maximum atomic E-state index is 12.5. The van der Waals surface area contributed by atoms with Crippen molar-refractivity contribution in [2.75, 3.05) is 14.2 Å². The van der Waals surface area contributed by atoms with Crippen LogP contribution in [0.5, 0.6) is 5.75 Å². The maximum Gasteiger partial charge on any atom is 0.259 e. The minimum Gasteiger partial charge on any atom is -0.496 e. The van der Waals surface area contributed by atoms with Crippen molar-refractivity contribution in [3.05, 3.63) is 66.2 Å². The van der Waals surface area contributed by atoms with Gasteiger partial charge in [-0.1, -0.05) is 19.3 Å². The van der Waals surface area contributed by atoms with Crippen LogP contribution in [-0.2, 0) is 11.8 Å².